The van der Waals surface area contributed by atoms with Crippen molar-refractivity contribution in [1.29, 1.82) is 0 Å². The van der Waals surface area contributed by atoms with Crippen LogP contribution in [-0.4, -0.2) is 33.5 Å². The number of ether oxygens (including phenoxy) is 1. The molecule has 0 unspecified atom stereocenters. The first kappa shape index (κ1) is 24.2. The predicted molar refractivity (Wildman–Crippen MR) is 143 cm³/mol. The summed E-state index contributed by atoms with van der Waals surface area (Å²) < 4.78 is 20.5. The Labute approximate surface area is 221 Å². The molecule has 1 aliphatic carbocycles. The van der Waals surface area contributed by atoms with Crippen LogP contribution in [0, 0.1) is 12.7 Å². The molecule has 2 N–H and O–H groups in total. The van der Waals surface area contributed by atoms with Crippen molar-refractivity contribution in [3.05, 3.63) is 111 Å². The minimum atomic E-state index is -0.599. The van der Waals surface area contributed by atoms with Gasteiger partial charge in [-0.2, -0.15) is 0 Å². The number of carbonyl (C=O) groups excluding carboxylic acids is 2. The van der Waals surface area contributed by atoms with Gasteiger partial charge in [-0.05, 0) is 65.9 Å². The van der Waals surface area contributed by atoms with Crippen molar-refractivity contribution < 1.29 is 18.7 Å². The third kappa shape index (κ3) is 3.70. The highest BCUT2D eigenvalue weighted by molar-refractivity contribution is 6.01. The summed E-state index contributed by atoms with van der Waals surface area (Å²) >= 11 is 0. The maximum Gasteiger partial charge on any atom is 0.337 e. The number of nitrogens with zero attached hydrogens (tertiary/aromatic N) is 3. The molecule has 0 saturated heterocycles. The average Bonchev–Trinajstić information content (AvgIpc) is 3.32. The molecule has 0 bridgehead atoms. The number of hydrogen-bond donors (Lipinski definition) is 1. The molecule has 0 spiro atoms. The topological polar surface area (TPSA) is 117 Å². The van der Waals surface area contributed by atoms with Crippen LogP contribution in [0.15, 0.2) is 71.9 Å². The van der Waals surface area contributed by atoms with Gasteiger partial charge in [-0.15, -0.1) is 0 Å². The van der Waals surface area contributed by atoms with Gasteiger partial charge in [0.1, 0.15) is 17.7 Å². The minimum Gasteiger partial charge on any atom is -0.465 e. The first-order chi connectivity index (χ1) is 18.8. The summed E-state index contributed by atoms with van der Waals surface area (Å²) in [4.78, 5) is 46.6. The summed E-state index contributed by atoms with van der Waals surface area (Å²) in [5, 5.41) is 0.169. The fraction of sp³-hybridized carbons (Fsp3) is 0.100. The number of fused-ring (bicyclic) bond motifs is 4. The maximum atomic E-state index is 14.2. The number of pyridine rings is 1. The quantitative estimate of drug-likeness (QED) is 0.346. The van der Waals surface area contributed by atoms with E-state index in [2.05, 4.69) is 9.97 Å². The third-order valence-corrected chi connectivity index (χ3v) is 7.17. The molecule has 8 nitrogen and oxygen atoms in total. The number of hydrogen-bond acceptors (Lipinski definition) is 6. The second-order valence-corrected chi connectivity index (χ2v) is 9.28. The van der Waals surface area contributed by atoms with Crippen molar-refractivity contribution in [2.75, 3.05) is 7.11 Å². The van der Waals surface area contributed by atoms with Gasteiger partial charge in [0.2, 0.25) is 0 Å². The summed E-state index contributed by atoms with van der Waals surface area (Å²) in [5.74, 6) is -1.62. The molecular weight excluding hydrogens is 499 g/mol. The third-order valence-electron chi connectivity index (χ3n) is 7.17. The average molecular weight is 521 g/mol. The molecule has 0 radical (unpaired) electrons. The standard InChI is InChI=1S/C30H21FN4O4/c1-15-18(5-4-8-24(15)35-14-34-26-20(29(35)37)6-3-7-23(26)31)27-25-19-10-9-16(30(38)39-2)11-17(19)12-21(25)22(13-33-27)28(32)36/h3-11,13-14H,12H2,1-2H3,(H2,32,36). The number of rotatable bonds is 4. The van der Waals surface area contributed by atoms with Crippen molar-refractivity contribution in [3.8, 4) is 28.1 Å². The summed E-state index contributed by atoms with van der Waals surface area (Å²) in [6, 6.07) is 15.0. The van der Waals surface area contributed by atoms with Crippen LogP contribution < -0.4 is 11.3 Å². The molecule has 1 amide bonds. The summed E-state index contributed by atoms with van der Waals surface area (Å²) in [7, 11) is 1.32. The Hall–Kier alpha value is -5.18. The number of halogens is 1. The van der Waals surface area contributed by atoms with Crippen LogP contribution in [0.1, 0.15) is 37.4 Å². The van der Waals surface area contributed by atoms with E-state index in [9.17, 15) is 18.8 Å². The second kappa shape index (κ2) is 8.98. The first-order valence-corrected chi connectivity index (χ1v) is 12.1. The highest BCUT2D eigenvalue weighted by Crippen LogP contribution is 2.44. The number of amides is 1. The first-order valence-electron chi connectivity index (χ1n) is 12.1. The van der Waals surface area contributed by atoms with Crippen molar-refractivity contribution in [1.82, 2.24) is 14.5 Å². The number of methoxy groups -OCH3 is 1. The lowest BCUT2D eigenvalue weighted by Crippen LogP contribution is -2.20. The van der Waals surface area contributed by atoms with Gasteiger partial charge in [0.05, 0.1) is 35.0 Å². The van der Waals surface area contributed by atoms with Crippen LogP contribution in [0.3, 0.4) is 0 Å². The Morgan fingerprint density at radius 3 is 2.62 bits per heavy atom. The van der Waals surface area contributed by atoms with Crippen LogP contribution in [0.5, 0.6) is 0 Å². The molecule has 2 heterocycles. The molecule has 5 aromatic rings. The number of carbonyl (C=O) groups is 2. The van der Waals surface area contributed by atoms with E-state index in [0.717, 1.165) is 27.8 Å². The van der Waals surface area contributed by atoms with Crippen LogP contribution >= 0.6 is 0 Å². The lowest BCUT2D eigenvalue weighted by Gasteiger charge is -2.17. The van der Waals surface area contributed by atoms with Gasteiger partial charge >= 0.3 is 5.97 Å². The van der Waals surface area contributed by atoms with Crippen LogP contribution in [0.4, 0.5) is 4.39 Å². The van der Waals surface area contributed by atoms with Gasteiger partial charge in [0.15, 0.2) is 0 Å². The number of esters is 1. The molecule has 0 fully saturated rings. The summed E-state index contributed by atoms with van der Waals surface area (Å²) in [5.41, 5.74) is 11.8. The van der Waals surface area contributed by atoms with Gasteiger partial charge in [-0.25, -0.2) is 14.2 Å². The Morgan fingerprint density at radius 1 is 1.05 bits per heavy atom. The molecule has 0 saturated carbocycles. The molecule has 9 heteroatoms. The molecule has 0 atom stereocenters. The van der Waals surface area contributed by atoms with Gasteiger partial charge in [-0.1, -0.05) is 24.3 Å². The van der Waals surface area contributed by atoms with E-state index in [4.69, 9.17) is 10.5 Å². The molecule has 1 aliphatic rings. The van der Waals surface area contributed by atoms with Crippen LogP contribution in [0.25, 0.3) is 39.0 Å². The number of nitrogens with two attached hydrogens (primary N) is 1. The van der Waals surface area contributed by atoms with E-state index in [-0.39, 0.29) is 10.9 Å². The number of aromatic nitrogens is 3. The fourth-order valence-corrected chi connectivity index (χ4v) is 5.29. The van der Waals surface area contributed by atoms with Crippen LogP contribution in [0.2, 0.25) is 0 Å². The molecule has 6 rings (SSSR count). The number of primary amides is 1. The second-order valence-electron chi connectivity index (χ2n) is 9.28. The largest absolute Gasteiger partial charge is 0.465 e. The van der Waals surface area contributed by atoms with Gasteiger partial charge in [-0.3, -0.25) is 19.1 Å². The van der Waals surface area contributed by atoms with Crippen molar-refractivity contribution in [3.63, 3.8) is 0 Å². The SMILES string of the molecule is COC(=O)c1ccc2c(c1)Cc1c(C(N)=O)cnc(-c3cccc(-n4cnc5c(F)cccc5c4=O)c3C)c1-2. The highest BCUT2D eigenvalue weighted by Gasteiger charge is 2.29. The molecule has 0 aliphatic heterocycles. The van der Waals surface area contributed by atoms with Crippen molar-refractivity contribution in [2.45, 2.75) is 13.3 Å². The molecule has 39 heavy (non-hydrogen) atoms. The minimum absolute atomic E-state index is 0.0111. The highest BCUT2D eigenvalue weighted by atomic mass is 19.1. The fourth-order valence-electron chi connectivity index (χ4n) is 5.29. The van der Waals surface area contributed by atoms with Gasteiger partial charge in [0, 0.05) is 17.3 Å². The van der Waals surface area contributed by atoms with Crippen molar-refractivity contribution >= 4 is 22.8 Å². The van der Waals surface area contributed by atoms with E-state index in [1.807, 2.05) is 19.1 Å². The Morgan fingerprint density at radius 2 is 1.85 bits per heavy atom. The predicted octanol–water partition coefficient (Wildman–Crippen LogP) is 4.35. The van der Waals surface area contributed by atoms with E-state index in [1.54, 1.807) is 30.3 Å². The number of para-hydroxylation sites is 1. The molecule has 2 aromatic heterocycles. The zero-order chi connectivity index (χ0) is 27.4. The van der Waals surface area contributed by atoms with Crippen molar-refractivity contribution in [2.24, 2.45) is 5.73 Å². The monoisotopic (exact) mass is 520 g/mol. The normalized spacial score (nSPS) is 11.8. The van der Waals surface area contributed by atoms with E-state index >= 15 is 0 Å². The van der Waals surface area contributed by atoms with E-state index in [0.29, 0.717) is 34.5 Å². The lowest BCUT2D eigenvalue weighted by atomic mass is 9.93. The van der Waals surface area contributed by atoms with E-state index < -0.39 is 23.3 Å². The summed E-state index contributed by atoms with van der Waals surface area (Å²) in [6.07, 6.45) is 3.17. The van der Waals surface area contributed by atoms with Crippen LogP contribution in [-0.2, 0) is 11.2 Å². The zero-order valence-electron chi connectivity index (χ0n) is 21.0. The smallest absolute Gasteiger partial charge is 0.337 e. The molecule has 192 valence electrons. The van der Waals surface area contributed by atoms with Gasteiger partial charge in [0.25, 0.3) is 11.5 Å². The summed E-state index contributed by atoms with van der Waals surface area (Å²) in [6.45, 7) is 1.86. The Bertz CT molecular complexity index is 1930. The lowest BCUT2D eigenvalue weighted by molar-refractivity contribution is 0.0600. The van der Waals surface area contributed by atoms with E-state index in [1.165, 1.54) is 36.3 Å². The molecule has 3 aromatic carbocycles. The van der Waals surface area contributed by atoms with Gasteiger partial charge < -0.3 is 10.5 Å². The zero-order valence-corrected chi connectivity index (χ0v) is 21.0. The molecular formula is C30H21FN4O4. The Kier molecular flexibility index (Phi) is 5.57. The maximum absolute atomic E-state index is 14.2. The Balaban J connectivity index is 1.57. The number of benzene rings is 3.